The molecule has 0 aromatic rings. The lowest BCUT2D eigenvalue weighted by Gasteiger charge is -2.10. The van der Waals surface area contributed by atoms with E-state index in [0.717, 1.165) is 12.8 Å². The molecule has 0 aliphatic carbocycles. The van der Waals surface area contributed by atoms with Crippen LogP contribution in [0.25, 0.3) is 0 Å². The van der Waals surface area contributed by atoms with E-state index in [1.807, 2.05) is 0 Å². The summed E-state index contributed by atoms with van der Waals surface area (Å²) in [6.07, 6.45) is 1.77. The second-order valence-electron chi connectivity index (χ2n) is 3.99. The Morgan fingerprint density at radius 1 is 1.44 bits per heavy atom. The molecule has 0 amide bonds. The number of rotatable bonds is 8. The van der Waals surface area contributed by atoms with E-state index >= 15 is 0 Å². The normalized spacial score (nSPS) is 21.4. The lowest BCUT2D eigenvalue weighted by atomic mass is 10.3. The fraction of sp³-hybridized carbons (Fsp3) is 1.00. The second kappa shape index (κ2) is 7.21. The maximum atomic E-state index is 11.7. The van der Waals surface area contributed by atoms with Crippen LogP contribution in [0.2, 0.25) is 0 Å². The summed E-state index contributed by atoms with van der Waals surface area (Å²) in [5.74, 6) is 0.343. The summed E-state index contributed by atoms with van der Waals surface area (Å²) in [5.41, 5.74) is 0. The monoisotopic (exact) mass is 251 g/mol. The Bertz CT molecular complexity index is 273. The molecular formula is C10H21NO4S. The Kier molecular flexibility index (Phi) is 6.26. The first kappa shape index (κ1) is 13.9. The fourth-order valence-electron chi connectivity index (χ4n) is 1.67. The zero-order valence-electron chi connectivity index (χ0n) is 9.78. The van der Waals surface area contributed by atoms with Crippen molar-refractivity contribution in [3.8, 4) is 0 Å². The van der Waals surface area contributed by atoms with Crippen molar-refractivity contribution in [1.29, 1.82) is 0 Å². The van der Waals surface area contributed by atoms with Crippen LogP contribution in [0.3, 0.4) is 0 Å². The molecule has 1 saturated heterocycles. The van der Waals surface area contributed by atoms with Crippen molar-refractivity contribution in [2.45, 2.75) is 18.9 Å². The predicted octanol–water partition coefficient (Wildman–Crippen LogP) is -0.184. The highest BCUT2D eigenvalue weighted by molar-refractivity contribution is 7.91. The minimum Gasteiger partial charge on any atom is -0.383 e. The first-order valence-electron chi connectivity index (χ1n) is 5.66. The van der Waals surface area contributed by atoms with E-state index < -0.39 is 9.84 Å². The molecule has 1 aliphatic rings. The van der Waals surface area contributed by atoms with Crippen molar-refractivity contribution >= 4 is 9.84 Å². The van der Waals surface area contributed by atoms with Gasteiger partial charge in [-0.2, -0.15) is 0 Å². The third-order valence-electron chi connectivity index (χ3n) is 2.54. The number of sulfone groups is 1. The van der Waals surface area contributed by atoms with Gasteiger partial charge in [0.15, 0.2) is 9.84 Å². The molecule has 1 atom stereocenters. The summed E-state index contributed by atoms with van der Waals surface area (Å²) in [4.78, 5) is 0. The average molecular weight is 251 g/mol. The molecule has 0 saturated carbocycles. The zero-order chi connectivity index (χ0) is 11.9. The molecule has 1 N–H and O–H groups in total. The fourth-order valence-corrected chi connectivity index (χ4v) is 3.12. The summed E-state index contributed by atoms with van der Waals surface area (Å²) < 4.78 is 33.5. The Labute approximate surface area is 97.4 Å². The maximum absolute atomic E-state index is 11.7. The van der Waals surface area contributed by atoms with Gasteiger partial charge in [0.25, 0.3) is 0 Å². The van der Waals surface area contributed by atoms with E-state index in [1.54, 1.807) is 7.11 Å². The van der Waals surface area contributed by atoms with Crippen LogP contribution in [0.4, 0.5) is 0 Å². The van der Waals surface area contributed by atoms with Crippen molar-refractivity contribution in [2.24, 2.45) is 0 Å². The van der Waals surface area contributed by atoms with Crippen LogP contribution in [0, 0.1) is 0 Å². The first-order valence-corrected chi connectivity index (χ1v) is 7.48. The molecule has 0 bridgehead atoms. The summed E-state index contributed by atoms with van der Waals surface area (Å²) in [6.45, 7) is 2.47. The molecule has 5 nitrogen and oxygen atoms in total. The van der Waals surface area contributed by atoms with Gasteiger partial charge >= 0.3 is 0 Å². The number of hydrogen-bond acceptors (Lipinski definition) is 5. The minimum atomic E-state index is -2.98. The molecule has 16 heavy (non-hydrogen) atoms. The van der Waals surface area contributed by atoms with E-state index in [9.17, 15) is 8.42 Å². The van der Waals surface area contributed by atoms with Crippen LogP contribution in [0.5, 0.6) is 0 Å². The van der Waals surface area contributed by atoms with Gasteiger partial charge in [0.2, 0.25) is 0 Å². The molecule has 1 heterocycles. The highest BCUT2D eigenvalue weighted by Gasteiger charge is 2.22. The topological polar surface area (TPSA) is 64.6 Å². The molecule has 1 unspecified atom stereocenters. The lowest BCUT2D eigenvalue weighted by Crippen LogP contribution is -2.30. The Balaban J connectivity index is 2.13. The highest BCUT2D eigenvalue weighted by Crippen LogP contribution is 2.13. The van der Waals surface area contributed by atoms with Crippen LogP contribution in [-0.2, 0) is 19.3 Å². The largest absolute Gasteiger partial charge is 0.383 e. The number of nitrogens with one attached hydrogen (secondary N) is 1. The van der Waals surface area contributed by atoms with Crippen molar-refractivity contribution < 1.29 is 17.9 Å². The highest BCUT2D eigenvalue weighted by atomic mass is 32.2. The van der Waals surface area contributed by atoms with Crippen LogP contribution in [0.1, 0.15) is 12.8 Å². The molecule has 0 spiro atoms. The molecule has 1 fully saturated rings. The number of ether oxygens (including phenoxy) is 2. The second-order valence-corrected chi connectivity index (χ2v) is 6.22. The van der Waals surface area contributed by atoms with Gasteiger partial charge in [0.1, 0.15) is 0 Å². The zero-order valence-corrected chi connectivity index (χ0v) is 10.6. The van der Waals surface area contributed by atoms with Gasteiger partial charge in [-0.15, -0.1) is 0 Å². The van der Waals surface area contributed by atoms with Crippen molar-refractivity contribution in [3.05, 3.63) is 0 Å². The van der Waals surface area contributed by atoms with Gasteiger partial charge < -0.3 is 14.8 Å². The van der Waals surface area contributed by atoms with E-state index in [-0.39, 0.29) is 17.6 Å². The van der Waals surface area contributed by atoms with Crippen LogP contribution in [0.15, 0.2) is 0 Å². The summed E-state index contributed by atoms with van der Waals surface area (Å²) in [6, 6.07) is 0. The maximum Gasteiger partial charge on any atom is 0.154 e. The Hall–Kier alpha value is -0.170. The smallest absolute Gasteiger partial charge is 0.154 e. The van der Waals surface area contributed by atoms with Crippen LogP contribution >= 0.6 is 0 Å². The summed E-state index contributed by atoms with van der Waals surface area (Å²) >= 11 is 0. The molecule has 0 aromatic heterocycles. The van der Waals surface area contributed by atoms with Gasteiger partial charge in [0.05, 0.1) is 24.2 Å². The third kappa shape index (κ3) is 5.79. The standard InChI is InChI=1S/C10H21NO4S/c1-14-7-4-11-5-8-16(12,13)9-10-3-2-6-15-10/h10-11H,2-9H2,1H3. The van der Waals surface area contributed by atoms with E-state index in [2.05, 4.69) is 5.32 Å². The van der Waals surface area contributed by atoms with Crippen molar-refractivity contribution in [3.63, 3.8) is 0 Å². The van der Waals surface area contributed by atoms with Crippen molar-refractivity contribution in [2.75, 3.05) is 44.9 Å². The quantitative estimate of drug-likeness (QED) is 0.606. The summed E-state index contributed by atoms with van der Waals surface area (Å²) in [7, 11) is -1.36. The van der Waals surface area contributed by atoms with Crippen LogP contribution in [-0.4, -0.2) is 59.4 Å². The molecule has 96 valence electrons. The van der Waals surface area contributed by atoms with E-state index in [0.29, 0.717) is 26.3 Å². The van der Waals surface area contributed by atoms with E-state index in [1.165, 1.54) is 0 Å². The summed E-state index contributed by atoms with van der Waals surface area (Å²) in [5, 5.41) is 3.02. The molecule has 1 aliphatic heterocycles. The van der Waals surface area contributed by atoms with Gasteiger partial charge in [-0.25, -0.2) is 8.42 Å². The molecule has 6 heteroatoms. The SMILES string of the molecule is COCCNCCS(=O)(=O)CC1CCCO1. The van der Waals surface area contributed by atoms with Crippen LogP contribution < -0.4 is 5.32 Å². The number of hydrogen-bond donors (Lipinski definition) is 1. The molecule has 0 aromatic carbocycles. The first-order chi connectivity index (χ1) is 7.64. The van der Waals surface area contributed by atoms with Gasteiger partial charge in [-0.3, -0.25) is 0 Å². The van der Waals surface area contributed by atoms with Crippen molar-refractivity contribution in [1.82, 2.24) is 5.32 Å². The lowest BCUT2D eigenvalue weighted by molar-refractivity contribution is 0.127. The molecule has 0 radical (unpaired) electrons. The Morgan fingerprint density at radius 2 is 2.25 bits per heavy atom. The predicted molar refractivity (Wildman–Crippen MR) is 62.4 cm³/mol. The van der Waals surface area contributed by atoms with E-state index in [4.69, 9.17) is 9.47 Å². The van der Waals surface area contributed by atoms with Gasteiger partial charge in [-0.05, 0) is 12.8 Å². The average Bonchev–Trinajstić information content (AvgIpc) is 2.69. The Morgan fingerprint density at radius 3 is 2.88 bits per heavy atom. The minimum absolute atomic E-state index is 0.0797. The molecular weight excluding hydrogens is 230 g/mol. The van der Waals surface area contributed by atoms with Gasteiger partial charge in [-0.1, -0.05) is 0 Å². The van der Waals surface area contributed by atoms with Gasteiger partial charge in [0, 0.05) is 26.8 Å². The molecule has 1 rings (SSSR count). The third-order valence-corrected chi connectivity index (χ3v) is 4.24. The number of methoxy groups -OCH3 is 1.